The lowest BCUT2D eigenvalue weighted by molar-refractivity contribution is -0.118. The maximum absolute atomic E-state index is 12.7. The number of anilines is 1. The first-order valence-electron chi connectivity index (χ1n) is 6.77. The third-order valence-electron chi connectivity index (χ3n) is 3.92. The summed E-state index contributed by atoms with van der Waals surface area (Å²) in [5, 5.41) is 2.93. The molecule has 0 aromatic heterocycles. The fraction of sp³-hybridized carbons (Fsp3) is 0.235. The lowest BCUT2D eigenvalue weighted by Crippen LogP contribution is -2.32. The smallest absolute Gasteiger partial charge is 0.238 e. The van der Waals surface area contributed by atoms with Crippen molar-refractivity contribution in [3.8, 4) is 0 Å². The second-order valence-corrected chi connectivity index (χ2v) is 6.96. The Labute approximate surface area is 134 Å². The lowest BCUT2D eigenvalue weighted by Gasteiger charge is -2.18. The van der Waals surface area contributed by atoms with Gasteiger partial charge in [0.05, 0.1) is 0 Å². The van der Waals surface area contributed by atoms with Crippen molar-refractivity contribution < 1.29 is 4.79 Å². The Hall–Kier alpha value is -1.51. The van der Waals surface area contributed by atoms with Gasteiger partial charge in [-0.1, -0.05) is 42.5 Å². The van der Waals surface area contributed by atoms with E-state index in [2.05, 4.69) is 5.32 Å². The van der Waals surface area contributed by atoms with Crippen molar-refractivity contribution in [2.75, 3.05) is 5.32 Å². The SMILES string of the molecule is Cc1cccc(NC(=O)[C@@]2(c3ccccc3)CC2(Cl)Cl)c1. The van der Waals surface area contributed by atoms with Crippen LogP contribution in [0, 0.1) is 6.92 Å². The number of carbonyl (C=O) groups excluding carboxylic acids is 1. The molecule has 0 aliphatic heterocycles. The molecule has 0 radical (unpaired) electrons. The summed E-state index contributed by atoms with van der Waals surface area (Å²) in [5.41, 5.74) is 1.81. The Morgan fingerprint density at radius 2 is 1.76 bits per heavy atom. The predicted octanol–water partition coefficient (Wildman–Crippen LogP) is 4.45. The Morgan fingerprint density at radius 1 is 1.10 bits per heavy atom. The molecule has 1 fully saturated rings. The molecule has 0 unspecified atom stereocenters. The molecule has 1 aliphatic carbocycles. The fourth-order valence-corrected chi connectivity index (χ4v) is 3.45. The number of amides is 1. The molecule has 0 heterocycles. The Balaban J connectivity index is 1.91. The van der Waals surface area contributed by atoms with Crippen molar-refractivity contribution in [2.24, 2.45) is 0 Å². The van der Waals surface area contributed by atoms with Gasteiger partial charge in [0.15, 0.2) is 0 Å². The van der Waals surface area contributed by atoms with E-state index in [9.17, 15) is 4.79 Å². The number of alkyl halides is 2. The van der Waals surface area contributed by atoms with Crippen molar-refractivity contribution in [3.63, 3.8) is 0 Å². The van der Waals surface area contributed by atoms with Gasteiger partial charge in [-0.05, 0) is 30.2 Å². The van der Waals surface area contributed by atoms with Crippen LogP contribution in [0.25, 0.3) is 0 Å². The highest BCUT2D eigenvalue weighted by Gasteiger charge is 2.72. The van der Waals surface area contributed by atoms with Gasteiger partial charge < -0.3 is 5.32 Å². The van der Waals surface area contributed by atoms with E-state index in [0.717, 1.165) is 16.8 Å². The van der Waals surface area contributed by atoms with E-state index in [1.165, 1.54) is 0 Å². The van der Waals surface area contributed by atoms with Crippen LogP contribution in [-0.2, 0) is 10.2 Å². The van der Waals surface area contributed by atoms with Crippen LogP contribution in [0.5, 0.6) is 0 Å². The van der Waals surface area contributed by atoms with Crippen LogP contribution in [-0.4, -0.2) is 10.2 Å². The molecule has 0 bridgehead atoms. The second-order valence-electron chi connectivity index (χ2n) is 5.48. The van der Waals surface area contributed by atoms with Gasteiger partial charge in [-0.15, -0.1) is 23.2 Å². The van der Waals surface area contributed by atoms with Gasteiger partial charge in [0, 0.05) is 12.1 Å². The summed E-state index contributed by atoms with van der Waals surface area (Å²) in [6.45, 7) is 1.98. The highest BCUT2D eigenvalue weighted by molar-refractivity contribution is 6.54. The van der Waals surface area contributed by atoms with Gasteiger partial charge in [0.2, 0.25) is 5.91 Å². The largest absolute Gasteiger partial charge is 0.325 e. The van der Waals surface area contributed by atoms with E-state index < -0.39 is 9.75 Å². The normalized spacial score (nSPS) is 22.6. The molecule has 2 aromatic rings. The van der Waals surface area contributed by atoms with Crippen LogP contribution in [0.2, 0.25) is 0 Å². The molecule has 1 aliphatic rings. The average molecular weight is 320 g/mol. The van der Waals surface area contributed by atoms with Crippen LogP contribution in [0.3, 0.4) is 0 Å². The van der Waals surface area contributed by atoms with E-state index in [-0.39, 0.29) is 5.91 Å². The van der Waals surface area contributed by atoms with E-state index in [1.54, 1.807) is 0 Å². The van der Waals surface area contributed by atoms with Crippen LogP contribution < -0.4 is 5.32 Å². The van der Waals surface area contributed by atoms with Crippen LogP contribution in [0.4, 0.5) is 5.69 Å². The van der Waals surface area contributed by atoms with Gasteiger partial charge >= 0.3 is 0 Å². The average Bonchev–Trinajstić information content (AvgIpc) is 3.04. The highest BCUT2D eigenvalue weighted by Crippen LogP contribution is 2.65. The Bertz CT molecular complexity index is 684. The molecular formula is C17H15Cl2NO. The van der Waals surface area contributed by atoms with E-state index in [4.69, 9.17) is 23.2 Å². The monoisotopic (exact) mass is 319 g/mol. The molecule has 108 valence electrons. The molecule has 0 saturated heterocycles. The van der Waals surface area contributed by atoms with Crippen molar-refractivity contribution in [1.29, 1.82) is 0 Å². The summed E-state index contributed by atoms with van der Waals surface area (Å²) < 4.78 is -1.05. The quantitative estimate of drug-likeness (QED) is 0.832. The first-order chi connectivity index (χ1) is 9.96. The zero-order valence-electron chi connectivity index (χ0n) is 11.6. The number of hydrogen-bond donors (Lipinski definition) is 1. The molecule has 2 aromatic carbocycles. The predicted molar refractivity (Wildman–Crippen MR) is 87.0 cm³/mol. The summed E-state index contributed by atoms with van der Waals surface area (Å²) in [5.74, 6) is -0.163. The molecule has 21 heavy (non-hydrogen) atoms. The van der Waals surface area contributed by atoms with Gasteiger partial charge in [-0.2, -0.15) is 0 Å². The maximum Gasteiger partial charge on any atom is 0.238 e. The molecule has 2 nitrogen and oxygen atoms in total. The van der Waals surface area contributed by atoms with Gasteiger partial charge in [0.1, 0.15) is 9.75 Å². The third kappa shape index (κ3) is 2.43. The highest BCUT2D eigenvalue weighted by atomic mass is 35.5. The standard InChI is InChI=1S/C17H15Cl2NO/c1-12-6-5-9-14(10-12)20-15(21)16(11-17(16,18)19)13-7-3-2-4-8-13/h2-10H,11H2,1H3,(H,20,21)/t16-/m0/s1. The molecule has 4 heteroatoms. The number of halogens is 2. The molecule has 1 N–H and O–H groups in total. The minimum Gasteiger partial charge on any atom is -0.325 e. The van der Waals surface area contributed by atoms with Crippen molar-refractivity contribution >= 4 is 34.8 Å². The summed E-state index contributed by atoms with van der Waals surface area (Å²) in [6.07, 6.45) is 0.421. The second kappa shape index (κ2) is 5.04. The van der Waals surface area contributed by atoms with Gasteiger partial charge in [0.25, 0.3) is 0 Å². The topological polar surface area (TPSA) is 29.1 Å². The first-order valence-corrected chi connectivity index (χ1v) is 7.53. The summed E-state index contributed by atoms with van der Waals surface area (Å²) >= 11 is 12.6. The van der Waals surface area contributed by atoms with Crippen LogP contribution >= 0.6 is 23.2 Å². The van der Waals surface area contributed by atoms with Gasteiger partial charge in [-0.25, -0.2) is 0 Å². The Kier molecular flexibility index (Phi) is 3.46. The number of rotatable bonds is 3. The molecule has 1 saturated carbocycles. The molecule has 3 rings (SSSR count). The van der Waals surface area contributed by atoms with Crippen molar-refractivity contribution in [2.45, 2.75) is 23.1 Å². The minimum atomic E-state index is -1.05. The molecule has 1 amide bonds. The summed E-state index contributed by atoms with van der Waals surface area (Å²) in [6, 6.07) is 17.1. The van der Waals surface area contributed by atoms with Gasteiger partial charge in [-0.3, -0.25) is 4.79 Å². The van der Waals surface area contributed by atoms with E-state index in [0.29, 0.717) is 6.42 Å². The number of hydrogen-bond acceptors (Lipinski definition) is 1. The number of benzene rings is 2. The van der Waals surface area contributed by atoms with E-state index in [1.807, 2.05) is 61.5 Å². The number of aryl methyl sites for hydroxylation is 1. The zero-order valence-corrected chi connectivity index (χ0v) is 13.1. The molecule has 1 atom stereocenters. The number of nitrogens with one attached hydrogen (secondary N) is 1. The van der Waals surface area contributed by atoms with E-state index >= 15 is 0 Å². The first kappa shape index (κ1) is 14.4. The molecular weight excluding hydrogens is 305 g/mol. The number of carbonyl (C=O) groups is 1. The van der Waals surface area contributed by atoms with Crippen molar-refractivity contribution in [3.05, 3.63) is 65.7 Å². The van der Waals surface area contributed by atoms with Crippen molar-refractivity contribution in [1.82, 2.24) is 0 Å². The lowest BCUT2D eigenvalue weighted by atomic mass is 9.94. The third-order valence-corrected chi connectivity index (χ3v) is 4.83. The summed E-state index contributed by atoms with van der Waals surface area (Å²) in [7, 11) is 0. The van der Waals surface area contributed by atoms with Crippen LogP contribution in [0.1, 0.15) is 17.5 Å². The minimum absolute atomic E-state index is 0.163. The Morgan fingerprint density at radius 3 is 2.33 bits per heavy atom. The fourth-order valence-electron chi connectivity index (χ4n) is 2.66. The van der Waals surface area contributed by atoms with Crippen LogP contribution in [0.15, 0.2) is 54.6 Å². The maximum atomic E-state index is 12.7. The molecule has 0 spiro atoms. The zero-order chi connectivity index (χ0) is 15.1. The summed E-state index contributed by atoms with van der Waals surface area (Å²) in [4.78, 5) is 12.7.